The number of hydrogen-bond donors (Lipinski definition) is 0. The fourth-order valence-corrected chi connectivity index (χ4v) is 4.24. The van der Waals surface area contributed by atoms with Crippen molar-refractivity contribution >= 4 is 62.2 Å². The highest BCUT2D eigenvalue weighted by Crippen LogP contribution is 2.34. The van der Waals surface area contributed by atoms with E-state index >= 15 is 0 Å². The van der Waals surface area contributed by atoms with Gasteiger partial charge in [0.1, 0.15) is 5.01 Å². The molecule has 27 heavy (non-hydrogen) atoms. The summed E-state index contributed by atoms with van der Waals surface area (Å²) in [5.74, 6) is -0.120. The predicted molar refractivity (Wildman–Crippen MR) is 115 cm³/mol. The molecule has 0 amide bonds. The SMILES string of the molecule is O=C(/C(=C/c1c(Cl)cccc1Cl)c1nc2ccccc2s1)c1ccccc1. The maximum atomic E-state index is 13.3. The fraction of sp³-hybridized carbons (Fsp3) is 0. The smallest absolute Gasteiger partial charge is 0.196 e. The number of carbonyl (C=O) groups excluding carboxylic acids is 1. The van der Waals surface area contributed by atoms with Gasteiger partial charge < -0.3 is 0 Å². The summed E-state index contributed by atoms with van der Waals surface area (Å²) < 4.78 is 1.02. The first kappa shape index (κ1) is 17.9. The minimum Gasteiger partial charge on any atom is -0.288 e. The van der Waals surface area contributed by atoms with Crippen LogP contribution >= 0.6 is 34.5 Å². The number of Topliss-reactive ketones (excluding diaryl/α,β-unsaturated/α-hetero) is 1. The fourth-order valence-electron chi connectivity index (χ4n) is 2.75. The van der Waals surface area contributed by atoms with E-state index in [1.807, 2.05) is 42.5 Å². The second-order valence-corrected chi connectivity index (χ2v) is 7.72. The van der Waals surface area contributed by atoms with E-state index in [1.165, 1.54) is 11.3 Å². The first-order valence-electron chi connectivity index (χ1n) is 8.25. The maximum absolute atomic E-state index is 13.3. The highest BCUT2D eigenvalue weighted by atomic mass is 35.5. The lowest BCUT2D eigenvalue weighted by Gasteiger charge is -2.07. The zero-order valence-corrected chi connectivity index (χ0v) is 16.4. The molecule has 0 unspecified atom stereocenters. The van der Waals surface area contributed by atoms with Crippen LogP contribution in [-0.2, 0) is 0 Å². The quantitative estimate of drug-likeness (QED) is 0.267. The van der Waals surface area contributed by atoms with Crippen molar-refractivity contribution in [2.24, 2.45) is 0 Å². The second-order valence-electron chi connectivity index (χ2n) is 5.88. The molecule has 1 aromatic heterocycles. The third-order valence-electron chi connectivity index (χ3n) is 4.09. The molecule has 4 rings (SSSR count). The van der Waals surface area contributed by atoms with Crippen LogP contribution in [0.15, 0.2) is 72.8 Å². The number of nitrogens with zero attached hydrogens (tertiary/aromatic N) is 1. The minimum atomic E-state index is -0.120. The normalized spacial score (nSPS) is 11.7. The molecule has 0 bridgehead atoms. The van der Waals surface area contributed by atoms with Crippen molar-refractivity contribution in [2.75, 3.05) is 0 Å². The molecule has 3 aromatic carbocycles. The topological polar surface area (TPSA) is 30.0 Å². The van der Waals surface area contributed by atoms with Gasteiger partial charge in [0.25, 0.3) is 0 Å². The Hall–Kier alpha value is -2.46. The van der Waals surface area contributed by atoms with Crippen molar-refractivity contribution in [1.82, 2.24) is 4.98 Å². The van der Waals surface area contributed by atoms with Gasteiger partial charge in [-0.05, 0) is 30.3 Å². The number of aromatic nitrogens is 1. The van der Waals surface area contributed by atoms with Gasteiger partial charge >= 0.3 is 0 Å². The lowest BCUT2D eigenvalue weighted by Crippen LogP contribution is -2.02. The van der Waals surface area contributed by atoms with Crippen LogP contribution in [0.5, 0.6) is 0 Å². The number of hydrogen-bond acceptors (Lipinski definition) is 3. The molecular weight excluding hydrogens is 397 g/mol. The summed E-state index contributed by atoms with van der Waals surface area (Å²) in [6, 6.07) is 22.2. The molecule has 132 valence electrons. The summed E-state index contributed by atoms with van der Waals surface area (Å²) in [5, 5.41) is 1.62. The van der Waals surface area contributed by atoms with Gasteiger partial charge in [-0.15, -0.1) is 11.3 Å². The van der Waals surface area contributed by atoms with Crippen LogP contribution in [0.2, 0.25) is 10.0 Å². The summed E-state index contributed by atoms with van der Waals surface area (Å²) in [7, 11) is 0. The number of fused-ring (bicyclic) bond motifs is 1. The second kappa shape index (κ2) is 7.65. The highest BCUT2D eigenvalue weighted by Gasteiger charge is 2.19. The molecule has 2 nitrogen and oxygen atoms in total. The number of ketones is 1. The molecule has 0 atom stereocenters. The van der Waals surface area contributed by atoms with E-state index < -0.39 is 0 Å². The van der Waals surface area contributed by atoms with Crippen molar-refractivity contribution in [3.63, 3.8) is 0 Å². The van der Waals surface area contributed by atoms with Crippen LogP contribution in [0.4, 0.5) is 0 Å². The Balaban J connectivity index is 1.92. The predicted octanol–water partition coefficient (Wildman–Crippen LogP) is 7.03. The van der Waals surface area contributed by atoms with Gasteiger partial charge in [0.15, 0.2) is 5.78 Å². The summed E-state index contributed by atoms with van der Waals surface area (Å²) in [6.45, 7) is 0. The van der Waals surface area contributed by atoms with Crippen LogP contribution in [-0.4, -0.2) is 10.8 Å². The van der Waals surface area contributed by atoms with E-state index in [0.29, 0.717) is 31.8 Å². The molecule has 0 saturated heterocycles. The molecule has 4 aromatic rings. The summed E-state index contributed by atoms with van der Waals surface area (Å²) >= 11 is 14.1. The minimum absolute atomic E-state index is 0.120. The van der Waals surface area contributed by atoms with Gasteiger partial charge in [0.05, 0.1) is 15.8 Å². The monoisotopic (exact) mass is 409 g/mol. The Morgan fingerprint density at radius 1 is 0.852 bits per heavy atom. The van der Waals surface area contributed by atoms with Gasteiger partial charge in [-0.2, -0.15) is 0 Å². The van der Waals surface area contributed by atoms with Gasteiger partial charge in [-0.3, -0.25) is 4.79 Å². The number of para-hydroxylation sites is 1. The summed E-state index contributed by atoms with van der Waals surface area (Å²) in [6.07, 6.45) is 1.73. The van der Waals surface area contributed by atoms with Crippen LogP contribution < -0.4 is 0 Å². The van der Waals surface area contributed by atoms with Crippen molar-refractivity contribution in [3.05, 3.63) is 99.0 Å². The largest absolute Gasteiger partial charge is 0.288 e. The van der Waals surface area contributed by atoms with E-state index in [1.54, 1.807) is 36.4 Å². The average molecular weight is 410 g/mol. The summed E-state index contributed by atoms with van der Waals surface area (Å²) in [5.41, 5.74) is 2.53. The molecule has 0 saturated carbocycles. The zero-order valence-electron chi connectivity index (χ0n) is 14.0. The van der Waals surface area contributed by atoms with E-state index in [-0.39, 0.29) is 5.78 Å². The molecule has 1 heterocycles. The third-order valence-corrected chi connectivity index (χ3v) is 5.82. The number of thiazole rings is 1. The number of benzene rings is 3. The van der Waals surface area contributed by atoms with Gasteiger partial charge in [-0.25, -0.2) is 4.98 Å². The number of rotatable bonds is 4. The van der Waals surface area contributed by atoms with Crippen LogP contribution in [0.1, 0.15) is 20.9 Å². The number of halogens is 2. The standard InChI is InChI=1S/C22H13Cl2NOS/c23-17-9-6-10-18(24)15(17)13-16(21(26)14-7-2-1-3-8-14)22-25-19-11-4-5-12-20(19)27-22/h1-13H/b16-13-. The molecular formula is C22H13Cl2NOS. The van der Waals surface area contributed by atoms with Gasteiger partial charge in [-0.1, -0.05) is 71.7 Å². The molecule has 0 radical (unpaired) electrons. The van der Waals surface area contributed by atoms with Crippen LogP contribution in [0.25, 0.3) is 21.9 Å². The first-order chi connectivity index (χ1) is 13.1. The molecule has 0 fully saturated rings. The number of carbonyl (C=O) groups is 1. The Bertz CT molecular complexity index is 1110. The Morgan fingerprint density at radius 3 is 2.22 bits per heavy atom. The van der Waals surface area contributed by atoms with Crippen LogP contribution in [0, 0.1) is 0 Å². The molecule has 0 N–H and O–H groups in total. The van der Waals surface area contributed by atoms with Crippen molar-refractivity contribution in [3.8, 4) is 0 Å². The maximum Gasteiger partial charge on any atom is 0.196 e. The Kier molecular flexibility index (Phi) is 5.08. The summed E-state index contributed by atoms with van der Waals surface area (Å²) in [4.78, 5) is 17.9. The van der Waals surface area contributed by atoms with E-state index in [4.69, 9.17) is 23.2 Å². The van der Waals surface area contributed by atoms with E-state index in [2.05, 4.69) is 4.98 Å². The molecule has 0 aliphatic rings. The molecule has 5 heteroatoms. The van der Waals surface area contributed by atoms with Crippen molar-refractivity contribution in [2.45, 2.75) is 0 Å². The molecule has 0 aliphatic carbocycles. The van der Waals surface area contributed by atoms with Gasteiger partial charge in [0, 0.05) is 21.2 Å². The van der Waals surface area contributed by atoms with Crippen molar-refractivity contribution in [1.29, 1.82) is 0 Å². The lowest BCUT2D eigenvalue weighted by molar-refractivity contribution is 0.105. The first-order valence-corrected chi connectivity index (χ1v) is 9.82. The molecule has 0 aliphatic heterocycles. The Morgan fingerprint density at radius 2 is 1.52 bits per heavy atom. The van der Waals surface area contributed by atoms with Crippen LogP contribution in [0.3, 0.4) is 0 Å². The van der Waals surface area contributed by atoms with E-state index in [0.717, 1.165) is 10.2 Å². The number of allylic oxidation sites excluding steroid dienone is 1. The van der Waals surface area contributed by atoms with Gasteiger partial charge in [0.2, 0.25) is 0 Å². The third kappa shape index (κ3) is 3.67. The Labute approximate surface area is 170 Å². The average Bonchev–Trinajstić information content (AvgIpc) is 3.12. The zero-order chi connectivity index (χ0) is 18.8. The van der Waals surface area contributed by atoms with Crippen molar-refractivity contribution < 1.29 is 4.79 Å². The molecule has 0 spiro atoms. The highest BCUT2D eigenvalue weighted by molar-refractivity contribution is 7.20. The lowest BCUT2D eigenvalue weighted by atomic mass is 10.0. The van der Waals surface area contributed by atoms with E-state index in [9.17, 15) is 4.79 Å².